The largest absolute Gasteiger partial charge is 0.0771 e. The molecule has 0 fully saturated rings. The van der Waals surface area contributed by atoms with E-state index >= 15 is 0 Å². The van der Waals surface area contributed by atoms with Gasteiger partial charge in [0.05, 0.1) is 0 Å². The summed E-state index contributed by atoms with van der Waals surface area (Å²) in [5.74, 6) is 0.567. The number of rotatable bonds is 0. The Morgan fingerprint density at radius 1 is 0.818 bits per heavy atom. The molecule has 0 unspecified atom stereocenters. The normalized spacial score (nSPS) is 18.8. The fraction of sp³-hybridized carbons (Fsp3) is 0.455. The molecule has 0 atom stereocenters. The van der Waals surface area contributed by atoms with E-state index in [0.717, 1.165) is 0 Å². The van der Waals surface area contributed by atoms with Gasteiger partial charge in [-0.2, -0.15) is 0 Å². The molecular weight excluding hydrogens is 132 g/mol. The maximum atomic E-state index is 2.26. The van der Waals surface area contributed by atoms with Crippen molar-refractivity contribution in [2.45, 2.75) is 20.8 Å². The van der Waals surface area contributed by atoms with E-state index in [1.54, 1.807) is 0 Å². The molecule has 0 aliphatic heterocycles. The van der Waals surface area contributed by atoms with Crippen LogP contribution in [0.3, 0.4) is 0 Å². The highest BCUT2D eigenvalue weighted by molar-refractivity contribution is 5.20. The van der Waals surface area contributed by atoms with E-state index in [9.17, 15) is 0 Å². The Morgan fingerprint density at radius 2 is 1.27 bits per heavy atom. The van der Waals surface area contributed by atoms with Crippen molar-refractivity contribution >= 4 is 0 Å². The second-order valence-corrected chi connectivity index (χ2v) is 4.05. The predicted octanol–water partition coefficient (Wildman–Crippen LogP) is 3.33. The number of allylic oxidation sites excluding steroid dienone is 6. The first-order valence-corrected chi connectivity index (χ1v) is 4.12. The Morgan fingerprint density at radius 3 is 1.64 bits per heavy atom. The van der Waals surface area contributed by atoms with Crippen molar-refractivity contribution in [2.75, 3.05) is 0 Å². The third-order valence-electron chi connectivity index (χ3n) is 1.97. The van der Waals surface area contributed by atoms with E-state index in [0.29, 0.717) is 11.3 Å². The monoisotopic (exact) mass is 148 g/mol. The Balaban J connectivity index is 2.75. The quantitative estimate of drug-likeness (QED) is 0.494. The molecule has 0 bridgehead atoms. The SMILES string of the molecule is CC(C)(C)C1C=CC=CC=C1. The van der Waals surface area contributed by atoms with Crippen LogP contribution in [0.25, 0.3) is 0 Å². The molecule has 0 saturated carbocycles. The second kappa shape index (κ2) is 3.08. The van der Waals surface area contributed by atoms with Gasteiger partial charge in [-0.15, -0.1) is 0 Å². The summed E-state index contributed by atoms with van der Waals surface area (Å²) in [7, 11) is 0. The maximum absolute atomic E-state index is 2.26. The van der Waals surface area contributed by atoms with Gasteiger partial charge in [-0.1, -0.05) is 57.2 Å². The van der Waals surface area contributed by atoms with Crippen molar-refractivity contribution in [2.24, 2.45) is 11.3 Å². The standard InChI is InChI=1S/C11H16/c1-11(2,3)10-8-6-4-5-7-9-10/h4-10H,1-3H3. The fourth-order valence-electron chi connectivity index (χ4n) is 1.14. The minimum atomic E-state index is 0.346. The van der Waals surface area contributed by atoms with Crippen LogP contribution in [-0.2, 0) is 0 Å². The average molecular weight is 148 g/mol. The maximum Gasteiger partial charge on any atom is 0.000137 e. The van der Waals surface area contributed by atoms with Crippen molar-refractivity contribution in [1.29, 1.82) is 0 Å². The molecule has 0 nitrogen and oxygen atoms in total. The lowest BCUT2D eigenvalue weighted by molar-refractivity contribution is 0.344. The molecule has 0 heterocycles. The molecular formula is C11H16. The third-order valence-corrected chi connectivity index (χ3v) is 1.97. The molecule has 0 N–H and O–H groups in total. The van der Waals surface area contributed by atoms with Gasteiger partial charge in [0.15, 0.2) is 0 Å². The highest BCUT2D eigenvalue weighted by Gasteiger charge is 2.18. The summed E-state index contributed by atoms with van der Waals surface area (Å²) in [6.45, 7) is 6.78. The van der Waals surface area contributed by atoms with Crippen LogP contribution in [0.5, 0.6) is 0 Å². The van der Waals surface area contributed by atoms with E-state index in [2.05, 4.69) is 57.2 Å². The molecule has 1 aliphatic rings. The molecule has 1 rings (SSSR count). The van der Waals surface area contributed by atoms with Gasteiger partial charge in [-0.05, 0) is 5.41 Å². The molecule has 1 aliphatic carbocycles. The van der Waals surface area contributed by atoms with Crippen LogP contribution >= 0.6 is 0 Å². The van der Waals surface area contributed by atoms with Gasteiger partial charge in [0.1, 0.15) is 0 Å². The first kappa shape index (κ1) is 8.32. The Bertz CT molecular complexity index is 183. The molecule has 0 heteroatoms. The molecule has 0 aromatic heterocycles. The van der Waals surface area contributed by atoms with Gasteiger partial charge in [0, 0.05) is 5.92 Å². The van der Waals surface area contributed by atoms with Gasteiger partial charge >= 0.3 is 0 Å². The van der Waals surface area contributed by atoms with Gasteiger partial charge in [-0.3, -0.25) is 0 Å². The zero-order valence-electron chi connectivity index (χ0n) is 7.54. The van der Waals surface area contributed by atoms with E-state index in [-0.39, 0.29) is 0 Å². The van der Waals surface area contributed by atoms with E-state index in [1.807, 2.05) is 0 Å². The molecule has 0 spiro atoms. The molecule has 11 heavy (non-hydrogen) atoms. The van der Waals surface area contributed by atoms with Gasteiger partial charge in [-0.25, -0.2) is 0 Å². The van der Waals surface area contributed by atoms with E-state index in [1.165, 1.54) is 0 Å². The Labute approximate surface area is 69.3 Å². The predicted molar refractivity (Wildman–Crippen MR) is 50.4 cm³/mol. The number of hydrogen-bond acceptors (Lipinski definition) is 0. The fourth-order valence-corrected chi connectivity index (χ4v) is 1.14. The van der Waals surface area contributed by atoms with Crippen molar-refractivity contribution < 1.29 is 0 Å². The van der Waals surface area contributed by atoms with Crippen LogP contribution in [-0.4, -0.2) is 0 Å². The summed E-state index contributed by atoms with van der Waals surface area (Å²) < 4.78 is 0. The second-order valence-electron chi connectivity index (χ2n) is 4.05. The van der Waals surface area contributed by atoms with Crippen LogP contribution in [0, 0.1) is 11.3 Å². The molecule has 0 amide bonds. The zero-order valence-corrected chi connectivity index (χ0v) is 7.54. The lowest BCUT2D eigenvalue weighted by Crippen LogP contribution is -2.15. The van der Waals surface area contributed by atoms with Crippen LogP contribution in [0.4, 0.5) is 0 Å². The van der Waals surface area contributed by atoms with Gasteiger partial charge in [0.2, 0.25) is 0 Å². The zero-order chi connectivity index (χ0) is 8.32. The first-order valence-electron chi connectivity index (χ1n) is 4.12. The minimum absolute atomic E-state index is 0.346. The van der Waals surface area contributed by atoms with Crippen LogP contribution in [0.1, 0.15) is 20.8 Å². The summed E-state index contributed by atoms with van der Waals surface area (Å²) in [5.41, 5.74) is 0.346. The number of hydrogen-bond donors (Lipinski definition) is 0. The summed E-state index contributed by atoms with van der Waals surface area (Å²) in [6.07, 6.45) is 12.9. The molecule has 0 saturated heterocycles. The smallest absolute Gasteiger partial charge is 0.000137 e. The van der Waals surface area contributed by atoms with Crippen molar-refractivity contribution in [1.82, 2.24) is 0 Å². The Hall–Kier alpha value is -0.780. The topological polar surface area (TPSA) is 0 Å². The molecule has 60 valence electrons. The van der Waals surface area contributed by atoms with Crippen LogP contribution in [0.15, 0.2) is 36.5 Å². The lowest BCUT2D eigenvalue weighted by atomic mass is 9.80. The van der Waals surface area contributed by atoms with Gasteiger partial charge in [0.25, 0.3) is 0 Å². The summed E-state index contributed by atoms with van der Waals surface area (Å²) in [6, 6.07) is 0. The van der Waals surface area contributed by atoms with Crippen molar-refractivity contribution in [3.8, 4) is 0 Å². The average Bonchev–Trinajstić information content (AvgIpc) is 2.10. The Kier molecular flexibility index (Phi) is 2.33. The van der Waals surface area contributed by atoms with Crippen molar-refractivity contribution in [3.63, 3.8) is 0 Å². The summed E-state index contributed by atoms with van der Waals surface area (Å²) in [4.78, 5) is 0. The molecule has 0 aromatic carbocycles. The van der Waals surface area contributed by atoms with E-state index in [4.69, 9.17) is 0 Å². The highest BCUT2D eigenvalue weighted by Crippen LogP contribution is 2.28. The van der Waals surface area contributed by atoms with Gasteiger partial charge < -0.3 is 0 Å². The first-order chi connectivity index (χ1) is 5.11. The highest BCUT2D eigenvalue weighted by atomic mass is 14.2. The molecule has 0 radical (unpaired) electrons. The lowest BCUT2D eigenvalue weighted by Gasteiger charge is -2.24. The summed E-state index contributed by atoms with van der Waals surface area (Å²) in [5, 5.41) is 0. The third kappa shape index (κ3) is 2.38. The van der Waals surface area contributed by atoms with E-state index < -0.39 is 0 Å². The molecule has 0 aromatic rings. The summed E-state index contributed by atoms with van der Waals surface area (Å²) >= 11 is 0. The van der Waals surface area contributed by atoms with Crippen molar-refractivity contribution in [3.05, 3.63) is 36.5 Å². The minimum Gasteiger partial charge on any atom is -0.0771 e. The van der Waals surface area contributed by atoms with Crippen LogP contribution in [0.2, 0.25) is 0 Å². The van der Waals surface area contributed by atoms with Crippen LogP contribution < -0.4 is 0 Å².